The molecule has 0 saturated carbocycles. The van der Waals surface area contributed by atoms with Gasteiger partial charge in [0.25, 0.3) is 5.91 Å². The molecule has 0 radical (unpaired) electrons. The summed E-state index contributed by atoms with van der Waals surface area (Å²) in [4.78, 5) is 31.2. The molecule has 6 heteroatoms. The molecule has 29 heavy (non-hydrogen) atoms. The summed E-state index contributed by atoms with van der Waals surface area (Å²) in [5.74, 6) is 0.660. The molecule has 2 fully saturated rings. The molecule has 156 valence electrons. The van der Waals surface area contributed by atoms with Crippen LogP contribution in [0.15, 0.2) is 36.0 Å². The van der Waals surface area contributed by atoms with E-state index in [4.69, 9.17) is 4.74 Å². The number of piperidine rings is 1. The molecule has 3 aliphatic rings. The van der Waals surface area contributed by atoms with Gasteiger partial charge in [-0.3, -0.25) is 4.79 Å². The first-order valence-corrected chi connectivity index (χ1v) is 10.8. The lowest BCUT2D eigenvalue weighted by Gasteiger charge is -2.38. The van der Waals surface area contributed by atoms with Gasteiger partial charge >= 0.3 is 6.03 Å². The molecule has 1 aromatic carbocycles. The Balaban J connectivity index is 1.39. The lowest BCUT2D eigenvalue weighted by atomic mass is 9.84. The van der Waals surface area contributed by atoms with Gasteiger partial charge in [-0.2, -0.15) is 0 Å². The highest BCUT2D eigenvalue weighted by Gasteiger charge is 2.30. The van der Waals surface area contributed by atoms with Crippen molar-refractivity contribution < 1.29 is 14.3 Å². The second-order valence-electron chi connectivity index (χ2n) is 8.29. The molecule has 1 atom stereocenters. The van der Waals surface area contributed by atoms with Crippen molar-refractivity contribution in [2.24, 2.45) is 5.92 Å². The maximum Gasteiger partial charge on any atom is 0.320 e. The highest BCUT2D eigenvalue weighted by atomic mass is 16.5. The number of hydrogen-bond donors (Lipinski definition) is 0. The van der Waals surface area contributed by atoms with E-state index in [1.807, 2.05) is 41.1 Å². The molecule has 1 unspecified atom stereocenters. The highest BCUT2D eigenvalue weighted by molar-refractivity contribution is 5.95. The zero-order chi connectivity index (χ0) is 20.2. The predicted octanol–water partition coefficient (Wildman–Crippen LogP) is 3.49. The normalized spacial score (nSPS) is 22.0. The molecule has 0 N–H and O–H groups in total. The van der Waals surface area contributed by atoms with Gasteiger partial charge in [0.2, 0.25) is 0 Å². The van der Waals surface area contributed by atoms with Crippen LogP contribution in [0.5, 0.6) is 0 Å². The van der Waals surface area contributed by atoms with E-state index < -0.39 is 0 Å². The van der Waals surface area contributed by atoms with E-state index >= 15 is 0 Å². The summed E-state index contributed by atoms with van der Waals surface area (Å²) in [6, 6.07) is 7.76. The number of urea groups is 1. The van der Waals surface area contributed by atoms with Crippen LogP contribution >= 0.6 is 0 Å². The summed E-state index contributed by atoms with van der Waals surface area (Å²) in [6.07, 6.45) is 8.09. The van der Waals surface area contributed by atoms with Gasteiger partial charge in [-0.1, -0.05) is 18.2 Å². The number of hydrogen-bond acceptors (Lipinski definition) is 3. The van der Waals surface area contributed by atoms with Crippen LogP contribution in [0.25, 0.3) is 0 Å². The van der Waals surface area contributed by atoms with Gasteiger partial charge in [0.05, 0.1) is 13.2 Å². The maximum atomic E-state index is 13.1. The van der Waals surface area contributed by atoms with Crippen LogP contribution in [0.1, 0.15) is 48.0 Å². The molecule has 2 aliphatic heterocycles. The summed E-state index contributed by atoms with van der Waals surface area (Å²) in [5.41, 5.74) is 2.99. The number of amides is 3. The molecule has 0 bridgehead atoms. The highest BCUT2D eigenvalue weighted by Crippen LogP contribution is 2.35. The Kier molecular flexibility index (Phi) is 6.19. The molecule has 4 rings (SSSR count). The van der Waals surface area contributed by atoms with E-state index in [2.05, 4.69) is 6.08 Å². The van der Waals surface area contributed by atoms with Gasteiger partial charge in [0.15, 0.2) is 0 Å². The van der Waals surface area contributed by atoms with Gasteiger partial charge in [0, 0.05) is 44.5 Å². The first-order valence-electron chi connectivity index (χ1n) is 10.8. The van der Waals surface area contributed by atoms with Gasteiger partial charge in [-0.05, 0) is 55.7 Å². The van der Waals surface area contributed by atoms with E-state index in [0.29, 0.717) is 38.8 Å². The standard InChI is InChI=1S/C23H31N3O3/c1-24(23(28)25-13-15-29-16-14-25)17-18-8-10-20(11-9-18)22(27)26-12-4-6-19-5-2-3-7-21(19)26/h7-11,19H,2-6,12-17H2,1H3. The summed E-state index contributed by atoms with van der Waals surface area (Å²) in [6.45, 7) is 3.84. The quantitative estimate of drug-likeness (QED) is 0.785. The lowest BCUT2D eigenvalue weighted by molar-refractivity contribution is 0.0448. The summed E-state index contributed by atoms with van der Waals surface area (Å²) in [5, 5.41) is 0. The van der Waals surface area contributed by atoms with Crippen LogP contribution in [-0.2, 0) is 11.3 Å². The zero-order valence-corrected chi connectivity index (χ0v) is 17.3. The van der Waals surface area contributed by atoms with Crippen molar-refractivity contribution in [3.8, 4) is 0 Å². The van der Waals surface area contributed by atoms with Gasteiger partial charge in [0.1, 0.15) is 0 Å². The van der Waals surface area contributed by atoms with Crippen molar-refractivity contribution in [2.45, 2.75) is 38.6 Å². The van der Waals surface area contributed by atoms with Crippen LogP contribution in [0.2, 0.25) is 0 Å². The van der Waals surface area contributed by atoms with E-state index in [-0.39, 0.29) is 11.9 Å². The van der Waals surface area contributed by atoms with E-state index in [9.17, 15) is 9.59 Å². The molecule has 0 aromatic heterocycles. The fourth-order valence-corrected chi connectivity index (χ4v) is 4.64. The number of rotatable bonds is 3. The molecule has 6 nitrogen and oxygen atoms in total. The first-order chi connectivity index (χ1) is 14.1. The minimum Gasteiger partial charge on any atom is -0.378 e. The largest absolute Gasteiger partial charge is 0.378 e. The van der Waals surface area contributed by atoms with E-state index in [1.165, 1.54) is 25.0 Å². The minimum atomic E-state index is 0.0250. The van der Waals surface area contributed by atoms with Crippen LogP contribution in [0.3, 0.4) is 0 Å². The molecule has 0 spiro atoms. The van der Waals surface area contributed by atoms with Gasteiger partial charge in [-0.15, -0.1) is 0 Å². The number of morpholine rings is 1. The summed E-state index contributed by atoms with van der Waals surface area (Å²) in [7, 11) is 1.82. The zero-order valence-electron chi connectivity index (χ0n) is 17.3. The Labute approximate surface area is 173 Å². The third kappa shape index (κ3) is 4.47. The second-order valence-corrected chi connectivity index (χ2v) is 8.29. The third-order valence-electron chi connectivity index (χ3n) is 6.25. The van der Waals surface area contributed by atoms with Crippen molar-refractivity contribution in [1.29, 1.82) is 0 Å². The van der Waals surface area contributed by atoms with Gasteiger partial charge < -0.3 is 19.4 Å². The number of carbonyl (C=O) groups is 2. The average molecular weight is 398 g/mol. The van der Waals surface area contributed by atoms with Gasteiger partial charge in [-0.25, -0.2) is 4.79 Å². The smallest absolute Gasteiger partial charge is 0.320 e. The molecular weight excluding hydrogens is 366 g/mol. The van der Waals surface area contributed by atoms with Crippen LogP contribution < -0.4 is 0 Å². The van der Waals surface area contributed by atoms with Crippen molar-refractivity contribution in [1.82, 2.24) is 14.7 Å². The van der Waals surface area contributed by atoms with E-state index in [1.54, 1.807) is 4.90 Å². The maximum absolute atomic E-state index is 13.1. The average Bonchev–Trinajstić information content (AvgIpc) is 2.78. The second kappa shape index (κ2) is 8.99. The van der Waals surface area contributed by atoms with E-state index in [0.717, 1.165) is 30.5 Å². The Morgan fingerprint density at radius 1 is 1.07 bits per heavy atom. The molecule has 2 saturated heterocycles. The summed E-state index contributed by atoms with van der Waals surface area (Å²) < 4.78 is 5.31. The third-order valence-corrected chi connectivity index (χ3v) is 6.25. The summed E-state index contributed by atoms with van der Waals surface area (Å²) >= 11 is 0. The minimum absolute atomic E-state index is 0.0250. The monoisotopic (exact) mass is 397 g/mol. The molecule has 1 aliphatic carbocycles. The Hall–Kier alpha value is -2.34. The van der Waals surface area contributed by atoms with Crippen molar-refractivity contribution in [2.75, 3.05) is 39.9 Å². The Morgan fingerprint density at radius 2 is 1.79 bits per heavy atom. The Bertz CT molecular complexity index is 768. The predicted molar refractivity (Wildman–Crippen MR) is 111 cm³/mol. The Morgan fingerprint density at radius 3 is 2.55 bits per heavy atom. The van der Waals surface area contributed by atoms with Crippen molar-refractivity contribution in [3.05, 3.63) is 47.2 Å². The SMILES string of the molecule is CN(Cc1ccc(C(=O)N2CCCC3CCCC=C32)cc1)C(=O)N1CCOCC1. The number of carbonyl (C=O) groups excluding carboxylic acids is 2. The number of fused-ring (bicyclic) bond motifs is 1. The number of nitrogens with zero attached hydrogens (tertiary/aromatic N) is 3. The van der Waals surface area contributed by atoms with Crippen molar-refractivity contribution >= 4 is 11.9 Å². The molecular formula is C23H31N3O3. The lowest BCUT2D eigenvalue weighted by Crippen LogP contribution is -2.46. The molecule has 2 heterocycles. The number of likely N-dealkylation sites (tertiary alicyclic amines) is 1. The number of benzene rings is 1. The number of allylic oxidation sites excluding steroid dienone is 2. The topological polar surface area (TPSA) is 53.1 Å². The molecule has 1 aromatic rings. The fourth-order valence-electron chi connectivity index (χ4n) is 4.64. The fraction of sp³-hybridized carbons (Fsp3) is 0.565. The van der Waals surface area contributed by atoms with Crippen LogP contribution in [-0.4, -0.2) is 66.5 Å². The van der Waals surface area contributed by atoms with Crippen LogP contribution in [0, 0.1) is 5.92 Å². The van der Waals surface area contributed by atoms with Crippen molar-refractivity contribution in [3.63, 3.8) is 0 Å². The first kappa shape index (κ1) is 20.0. The number of ether oxygens (including phenoxy) is 1. The van der Waals surface area contributed by atoms with Crippen LogP contribution in [0.4, 0.5) is 4.79 Å². The molecule has 3 amide bonds.